The summed E-state index contributed by atoms with van der Waals surface area (Å²) in [6.45, 7) is 2.10. The van der Waals surface area contributed by atoms with Crippen LogP contribution in [-0.4, -0.2) is 11.9 Å². The van der Waals surface area contributed by atoms with Crippen LogP contribution in [0.25, 0.3) is 0 Å². The van der Waals surface area contributed by atoms with Crippen molar-refractivity contribution in [1.29, 1.82) is 0 Å². The fourth-order valence-corrected chi connectivity index (χ4v) is 3.14. The Labute approximate surface area is 130 Å². The number of halogens is 4. The summed E-state index contributed by atoms with van der Waals surface area (Å²) in [7, 11) is 0. The second-order valence-electron chi connectivity index (χ2n) is 5.63. The summed E-state index contributed by atoms with van der Waals surface area (Å²) >= 11 is 3.01. The summed E-state index contributed by atoms with van der Waals surface area (Å²) in [5, 5.41) is 2.74. The van der Waals surface area contributed by atoms with Crippen molar-refractivity contribution < 1.29 is 18.0 Å². The molecule has 2 rings (SSSR count). The van der Waals surface area contributed by atoms with Crippen LogP contribution in [0.2, 0.25) is 0 Å². The van der Waals surface area contributed by atoms with Gasteiger partial charge in [-0.25, -0.2) is 0 Å². The summed E-state index contributed by atoms with van der Waals surface area (Å²) in [4.78, 5) is 12.2. The first kappa shape index (κ1) is 16.3. The molecule has 1 saturated carbocycles. The Hall–Kier alpha value is -1.04. The Balaban J connectivity index is 2.19. The lowest BCUT2D eigenvalue weighted by molar-refractivity contribution is -0.138. The highest BCUT2D eigenvalue weighted by Crippen LogP contribution is 2.34. The van der Waals surface area contributed by atoms with Gasteiger partial charge in [0.25, 0.3) is 5.91 Å². The maximum Gasteiger partial charge on any atom is 0.417 e. The molecule has 0 radical (unpaired) electrons. The number of rotatable bonds is 2. The van der Waals surface area contributed by atoms with Crippen LogP contribution in [0.1, 0.15) is 48.5 Å². The minimum atomic E-state index is -4.55. The van der Waals surface area contributed by atoms with Crippen molar-refractivity contribution in [1.82, 2.24) is 5.32 Å². The van der Waals surface area contributed by atoms with Crippen LogP contribution < -0.4 is 5.32 Å². The van der Waals surface area contributed by atoms with Crippen LogP contribution in [0.5, 0.6) is 0 Å². The standard InChI is InChI=1S/C15H17BrF3NO/c1-9-3-2-4-11(7-9)20-14(21)12-6-5-10(16)8-13(12)15(17,18)19/h5-6,8-9,11H,2-4,7H2,1H3,(H,20,21). The van der Waals surface area contributed by atoms with Gasteiger partial charge in [-0.3, -0.25) is 4.79 Å². The van der Waals surface area contributed by atoms with Gasteiger partial charge in [0.1, 0.15) is 0 Å². The SMILES string of the molecule is CC1CCCC(NC(=O)c2ccc(Br)cc2C(F)(F)F)C1. The van der Waals surface area contributed by atoms with Gasteiger partial charge in [0.05, 0.1) is 11.1 Å². The van der Waals surface area contributed by atoms with Crippen molar-refractivity contribution >= 4 is 21.8 Å². The fraction of sp³-hybridized carbons (Fsp3) is 0.533. The van der Waals surface area contributed by atoms with E-state index >= 15 is 0 Å². The van der Waals surface area contributed by atoms with E-state index in [0.29, 0.717) is 10.4 Å². The number of benzene rings is 1. The lowest BCUT2D eigenvalue weighted by atomic mass is 9.87. The van der Waals surface area contributed by atoms with Crippen LogP contribution in [0.15, 0.2) is 22.7 Å². The highest BCUT2D eigenvalue weighted by Gasteiger charge is 2.36. The largest absolute Gasteiger partial charge is 0.417 e. The molecule has 1 amide bonds. The van der Waals surface area contributed by atoms with Gasteiger partial charge in [0, 0.05) is 10.5 Å². The monoisotopic (exact) mass is 363 g/mol. The van der Waals surface area contributed by atoms with Crippen LogP contribution >= 0.6 is 15.9 Å². The van der Waals surface area contributed by atoms with Crippen molar-refractivity contribution in [3.63, 3.8) is 0 Å². The topological polar surface area (TPSA) is 29.1 Å². The number of hydrogen-bond acceptors (Lipinski definition) is 1. The van der Waals surface area contributed by atoms with Crippen LogP contribution in [0, 0.1) is 5.92 Å². The molecule has 116 valence electrons. The molecule has 0 aliphatic heterocycles. The Kier molecular flexibility index (Phi) is 4.96. The van der Waals surface area contributed by atoms with Crippen molar-refractivity contribution in [2.75, 3.05) is 0 Å². The van der Waals surface area contributed by atoms with Crippen LogP contribution in [0.3, 0.4) is 0 Å². The van der Waals surface area contributed by atoms with Gasteiger partial charge in [0.15, 0.2) is 0 Å². The number of carbonyl (C=O) groups excluding carboxylic acids is 1. The average Bonchev–Trinajstić information content (AvgIpc) is 2.37. The van der Waals surface area contributed by atoms with Gasteiger partial charge >= 0.3 is 6.18 Å². The highest BCUT2D eigenvalue weighted by molar-refractivity contribution is 9.10. The summed E-state index contributed by atoms with van der Waals surface area (Å²) < 4.78 is 39.4. The third-order valence-electron chi connectivity index (χ3n) is 3.80. The lowest BCUT2D eigenvalue weighted by Crippen LogP contribution is -2.38. The molecule has 0 saturated heterocycles. The van der Waals surface area contributed by atoms with E-state index in [0.717, 1.165) is 31.7 Å². The number of hydrogen-bond donors (Lipinski definition) is 1. The van der Waals surface area contributed by atoms with Gasteiger partial charge in [-0.05, 0) is 37.0 Å². The lowest BCUT2D eigenvalue weighted by Gasteiger charge is -2.27. The first-order chi connectivity index (χ1) is 9.77. The summed E-state index contributed by atoms with van der Waals surface area (Å²) in [5.41, 5.74) is -1.22. The third kappa shape index (κ3) is 4.22. The third-order valence-corrected chi connectivity index (χ3v) is 4.30. The maximum atomic E-state index is 13.0. The minimum Gasteiger partial charge on any atom is -0.349 e. The molecular formula is C15H17BrF3NO. The molecule has 2 nitrogen and oxygen atoms in total. The van der Waals surface area contributed by atoms with Crippen molar-refractivity contribution in [3.05, 3.63) is 33.8 Å². The molecule has 2 atom stereocenters. The van der Waals surface area contributed by atoms with E-state index in [9.17, 15) is 18.0 Å². The minimum absolute atomic E-state index is 0.0361. The van der Waals surface area contributed by atoms with Gasteiger partial charge < -0.3 is 5.32 Å². The maximum absolute atomic E-state index is 13.0. The molecule has 1 aromatic rings. The molecule has 1 aliphatic rings. The number of nitrogens with one attached hydrogen (secondary N) is 1. The van der Waals surface area contributed by atoms with Crippen molar-refractivity contribution in [3.8, 4) is 0 Å². The molecule has 6 heteroatoms. The first-order valence-corrected chi connectivity index (χ1v) is 7.74. The van der Waals surface area contributed by atoms with E-state index in [4.69, 9.17) is 0 Å². The number of carbonyl (C=O) groups is 1. The predicted octanol–water partition coefficient (Wildman–Crippen LogP) is 4.78. The Morgan fingerprint density at radius 1 is 1.33 bits per heavy atom. The molecule has 1 aromatic carbocycles. The van der Waals surface area contributed by atoms with Gasteiger partial charge in [-0.2, -0.15) is 13.2 Å². The molecule has 21 heavy (non-hydrogen) atoms. The van der Waals surface area contributed by atoms with E-state index in [2.05, 4.69) is 28.2 Å². The normalized spacial score (nSPS) is 22.9. The zero-order valence-corrected chi connectivity index (χ0v) is 13.2. The van der Waals surface area contributed by atoms with Gasteiger partial charge in [-0.1, -0.05) is 35.7 Å². The molecule has 0 bridgehead atoms. The van der Waals surface area contributed by atoms with E-state index in [-0.39, 0.29) is 11.6 Å². The van der Waals surface area contributed by atoms with E-state index in [1.807, 2.05) is 0 Å². The first-order valence-electron chi connectivity index (χ1n) is 6.95. The summed E-state index contributed by atoms with van der Waals surface area (Å²) in [5.74, 6) is -0.148. The van der Waals surface area contributed by atoms with Crippen molar-refractivity contribution in [2.24, 2.45) is 5.92 Å². The highest BCUT2D eigenvalue weighted by atomic mass is 79.9. The van der Waals surface area contributed by atoms with Gasteiger partial charge in [0.2, 0.25) is 0 Å². The molecule has 1 fully saturated rings. The molecule has 0 heterocycles. The quantitative estimate of drug-likeness (QED) is 0.804. The molecule has 1 aliphatic carbocycles. The predicted molar refractivity (Wildman–Crippen MR) is 78.0 cm³/mol. The number of amides is 1. The molecular weight excluding hydrogens is 347 g/mol. The summed E-state index contributed by atoms with van der Waals surface area (Å²) in [6, 6.07) is 3.58. The van der Waals surface area contributed by atoms with Crippen LogP contribution in [0.4, 0.5) is 13.2 Å². The Bertz CT molecular complexity index is 530. The second kappa shape index (κ2) is 6.38. The van der Waals surface area contributed by atoms with E-state index in [1.165, 1.54) is 12.1 Å². The van der Waals surface area contributed by atoms with Crippen LogP contribution in [-0.2, 0) is 6.18 Å². The Morgan fingerprint density at radius 3 is 2.67 bits per heavy atom. The molecule has 1 N–H and O–H groups in total. The smallest absolute Gasteiger partial charge is 0.349 e. The van der Waals surface area contributed by atoms with Crippen molar-refractivity contribution in [2.45, 2.75) is 44.8 Å². The molecule has 0 spiro atoms. The zero-order chi connectivity index (χ0) is 15.6. The molecule has 0 aromatic heterocycles. The fourth-order valence-electron chi connectivity index (χ4n) is 2.78. The van der Waals surface area contributed by atoms with E-state index < -0.39 is 17.6 Å². The Morgan fingerprint density at radius 2 is 2.05 bits per heavy atom. The summed E-state index contributed by atoms with van der Waals surface area (Å²) in [6.07, 6.45) is -0.787. The number of alkyl halides is 3. The second-order valence-corrected chi connectivity index (χ2v) is 6.55. The van der Waals surface area contributed by atoms with E-state index in [1.54, 1.807) is 0 Å². The zero-order valence-electron chi connectivity index (χ0n) is 11.6. The average molecular weight is 364 g/mol. The van der Waals surface area contributed by atoms with Gasteiger partial charge in [-0.15, -0.1) is 0 Å². The molecule has 2 unspecified atom stereocenters.